The van der Waals surface area contributed by atoms with Crippen LogP contribution in [0.25, 0.3) is 0 Å². The van der Waals surface area contributed by atoms with Gasteiger partial charge in [-0.15, -0.1) is 0 Å². The highest BCUT2D eigenvalue weighted by Gasteiger charge is 2.32. The Morgan fingerprint density at radius 1 is 1.55 bits per heavy atom. The third-order valence-electron chi connectivity index (χ3n) is 2.41. The van der Waals surface area contributed by atoms with Crippen molar-refractivity contribution in [2.75, 3.05) is 7.11 Å². The molecule has 1 aliphatic rings. The first-order valence-electron chi connectivity index (χ1n) is 3.99. The van der Waals surface area contributed by atoms with Crippen molar-refractivity contribution in [3.63, 3.8) is 0 Å². The first-order valence-corrected chi connectivity index (χ1v) is 3.99. The molecule has 1 aliphatic heterocycles. The molecule has 0 aromatic carbocycles. The van der Waals surface area contributed by atoms with E-state index in [4.69, 9.17) is 0 Å². The lowest BCUT2D eigenvalue weighted by atomic mass is 10.0. The standard InChI is InChI=1S/C8H15NO2/c1-5-4-7(8(10)11-3)9-6(5)2/h5-7,9H,4H2,1-3H3. The second kappa shape index (κ2) is 3.22. The summed E-state index contributed by atoms with van der Waals surface area (Å²) < 4.78 is 4.63. The fourth-order valence-corrected chi connectivity index (χ4v) is 1.43. The van der Waals surface area contributed by atoms with Crippen LogP contribution in [0.3, 0.4) is 0 Å². The third kappa shape index (κ3) is 1.71. The molecular formula is C8H15NO2. The van der Waals surface area contributed by atoms with Gasteiger partial charge >= 0.3 is 5.97 Å². The Balaban J connectivity index is 2.46. The van der Waals surface area contributed by atoms with Gasteiger partial charge in [0, 0.05) is 6.04 Å². The lowest BCUT2D eigenvalue weighted by molar-refractivity contribution is -0.142. The van der Waals surface area contributed by atoms with Crippen LogP contribution in [0.1, 0.15) is 20.3 Å². The molecule has 3 atom stereocenters. The molecule has 0 aromatic rings. The van der Waals surface area contributed by atoms with Gasteiger partial charge in [0.15, 0.2) is 0 Å². The van der Waals surface area contributed by atoms with Crippen LogP contribution in [-0.2, 0) is 9.53 Å². The average Bonchev–Trinajstić information content (AvgIpc) is 2.31. The molecule has 0 aliphatic carbocycles. The van der Waals surface area contributed by atoms with E-state index in [1.807, 2.05) is 0 Å². The van der Waals surface area contributed by atoms with Gasteiger partial charge in [0.1, 0.15) is 6.04 Å². The molecule has 1 fully saturated rings. The Hall–Kier alpha value is -0.570. The molecule has 1 saturated heterocycles. The van der Waals surface area contributed by atoms with Crippen LogP contribution in [-0.4, -0.2) is 25.2 Å². The monoisotopic (exact) mass is 157 g/mol. The first kappa shape index (κ1) is 8.53. The molecule has 0 bridgehead atoms. The summed E-state index contributed by atoms with van der Waals surface area (Å²) >= 11 is 0. The number of nitrogens with one attached hydrogen (secondary N) is 1. The Kier molecular flexibility index (Phi) is 2.49. The summed E-state index contributed by atoms with van der Waals surface area (Å²) in [6, 6.07) is 0.351. The van der Waals surface area contributed by atoms with Crippen molar-refractivity contribution < 1.29 is 9.53 Å². The minimum atomic E-state index is -0.138. The zero-order chi connectivity index (χ0) is 8.43. The summed E-state index contributed by atoms with van der Waals surface area (Å²) in [4.78, 5) is 11.0. The molecule has 3 unspecified atom stereocenters. The van der Waals surface area contributed by atoms with Crippen LogP contribution >= 0.6 is 0 Å². The highest BCUT2D eigenvalue weighted by molar-refractivity contribution is 5.76. The largest absolute Gasteiger partial charge is 0.468 e. The van der Waals surface area contributed by atoms with Crippen LogP contribution < -0.4 is 5.32 Å². The van der Waals surface area contributed by atoms with Gasteiger partial charge in [0.25, 0.3) is 0 Å². The lowest BCUT2D eigenvalue weighted by Gasteiger charge is -2.08. The Morgan fingerprint density at radius 2 is 2.18 bits per heavy atom. The van der Waals surface area contributed by atoms with Crippen molar-refractivity contribution in [2.24, 2.45) is 5.92 Å². The van der Waals surface area contributed by atoms with Gasteiger partial charge in [-0.25, -0.2) is 0 Å². The van der Waals surface area contributed by atoms with E-state index >= 15 is 0 Å². The second-order valence-corrected chi connectivity index (χ2v) is 3.24. The summed E-state index contributed by atoms with van der Waals surface area (Å²) in [6.07, 6.45) is 0.897. The summed E-state index contributed by atoms with van der Waals surface area (Å²) in [5.74, 6) is 0.431. The summed E-state index contributed by atoms with van der Waals surface area (Å²) in [5.41, 5.74) is 0. The van der Waals surface area contributed by atoms with Crippen LogP contribution in [0.15, 0.2) is 0 Å². The fourth-order valence-electron chi connectivity index (χ4n) is 1.43. The second-order valence-electron chi connectivity index (χ2n) is 3.24. The van der Waals surface area contributed by atoms with Crippen LogP contribution in [0.4, 0.5) is 0 Å². The molecule has 0 amide bonds. The topological polar surface area (TPSA) is 38.3 Å². The van der Waals surface area contributed by atoms with Gasteiger partial charge < -0.3 is 10.1 Å². The van der Waals surface area contributed by atoms with Crippen molar-refractivity contribution in [3.8, 4) is 0 Å². The SMILES string of the molecule is COC(=O)C1CC(C)C(C)N1. The van der Waals surface area contributed by atoms with Gasteiger partial charge in [0.2, 0.25) is 0 Å². The molecule has 3 nitrogen and oxygen atoms in total. The van der Waals surface area contributed by atoms with Gasteiger partial charge in [-0.3, -0.25) is 4.79 Å². The number of esters is 1. The molecule has 0 aromatic heterocycles. The van der Waals surface area contributed by atoms with E-state index in [1.54, 1.807) is 0 Å². The highest BCUT2D eigenvalue weighted by atomic mass is 16.5. The zero-order valence-electron chi connectivity index (χ0n) is 7.26. The minimum Gasteiger partial charge on any atom is -0.468 e. The maximum Gasteiger partial charge on any atom is 0.322 e. The van der Waals surface area contributed by atoms with Gasteiger partial charge in [-0.05, 0) is 19.3 Å². The lowest BCUT2D eigenvalue weighted by Crippen LogP contribution is -2.35. The molecule has 0 radical (unpaired) electrons. The van der Waals surface area contributed by atoms with E-state index < -0.39 is 0 Å². The molecule has 11 heavy (non-hydrogen) atoms. The number of ether oxygens (including phenoxy) is 1. The third-order valence-corrected chi connectivity index (χ3v) is 2.41. The number of methoxy groups -OCH3 is 1. The molecular weight excluding hydrogens is 142 g/mol. The summed E-state index contributed by atoms with van der Waals surface area (Å²) in [6.45, 7) is 4.23. The van der Waals surface area contributed by atoms with Crippen molar-refractivity contribution in [1.29, 1.82) is 0 Å². The van der Waals surface area contributed by atoms with E-state index in [1.165, 1.54) is 7.11 Å². The number of rotatable bonds is 1. The van der Waals surface area contributed by atoms with E-state index in [0.717, 1.165) is 6.42 Å². The molecule has 1 N–H and O–H groups in total. The first-order chi connectivity index (χ1) is 5.15. The summed E-state index contributed by atoms with van der Waals surface area (Å²) in [7, 11) is 1.43. The van der Waals surface area contributed by atoms with Crippen LogP contribution in [0.5, 0.6) is 0 Å². The van der Waals surface area contributed by atoms with E-state index in [9.17, 15) is 4.79 Å². The van der Waals surface area contributed by atoms with Crippen LogP contribution in [0, 0.1) is 5.92 Å². The minimum absolute atomic E-state index is 0.0787. The quantitative estimate of drug-likeness (QED) is 0.565. The van der Waals surface area contributed by atoms with Gasteiger partial charge in [0.05, 0.1) is 7.11 Å². The maximum absolute atomic E-state index is 11.0. The predicted octanol–water partition coefficient (Wildman–Crippen LogP) is 0.546. The molecule has 0 saturated carbocycles. The number of hydrogen-bond acceptors (Lipinski definition) is 3. The van der Waals surface area contributed by atoms with Crippen molar-refractivity contribution in [3.05, 3.63) is 0 Å². The molecule has 1 heterocycles. The zero-order valence-corrected chi connectivity index (χ0v) is 7.26. The smallest absolute Gasteiger partial charge is 0.322 e. The fraction of sp³-hybridized carbons (Fsp3) is 0.875. The van der Waals surface area contributed by atoms with Crippen molar-refractivity contribution in [2.45, 2.75) is 32.4 Å². The Morgan fingerprint density at radius 3 is 2.55 bits per heavy atom. The predicted molar refractivity (Wildman–Crippen MR) is 42.2 cm³/mol. The Labute approximate surface area is 67.1 Å². The maximum atomic E-state index is 11.0. The van der Waals surface area contributed by atoms with Crippen molar-refractivity contribution >= 4 is 5.97 Å². The normalized spacial score (nSPS) is 37.2. The van der Waals surface area contributed by atoms with Gasteiger partial charge in [-0.1, -0.05) is 6.92 Å². The molecule has 64 valence electrons. The highest BCUT2D eigenvalue weighted by Crippen LogP contribution is 2.19. The van der Waals surface area contributed by atoms with Crippen molar-refractivity contribution in [1.82, 2.24) is 5.32 Å². The Bertz CT molecular complexity index is 148. The molecule has 1 rings (SSSR count). The van der Waals surface area contributed by atoms with E-state index in [2.05, 4.69) is 23.9 Å². The van der Waals surface area contributed by atoms with Crippen LogP contribution in [0.2, 0.25) is 0 Å². The van der Waals surface area contributed by atoms with E-state index in [0.29, 0.717) is 12.0 Å². The van der Waals surface area contributed by atoms with E-state index in [-0.39, 0.29) is 12.0 Å². The number of carbonyl (C=O) groups excluding carboxylic acids is 1. The van der Waals surface area contributed by atoms with Gasteiger partial charge in [-0.2, -0.15) is 0 Å². The molecule has 3 heteroatoms. The molecule has 0 spiro atoms. The summed E-state index contributed by atoms with van der Waals surface area (Å²) in [5, 5.41) is 3.18. The number of hydrogen-bond donors (Lipinski definition) is 1. The number of carbonyl (C=O) groups is 1. The average molecular weight is 157 g/mol.